The first-order valence-electron chi connectivity index (χ1n) is 7.06. The third kappa shape index (κ3) is 3.56. The number of piperazine rings is 1. The highest BCUT2D eigenvalue weighted by molar-refractivity contribution is 7.91. The number of sulfonamides is 1. The highest BCUT2D eigenvalue weighted by Gasteiger charge is 2.36. The van der Waals surface area contributed by atoms with Crippen molar-refractivity contribution in [3.8, 4) is 0 Å². The van der Waals surface area contributed by atoms with Crippen molar-refractivity contribution in [3.63, 3.8) is 0 Å². The van der Waals surface area contributed by atoms with E-state index < -0.39 is 10.0 Å². The molecule has 1 aliphatic heterocycles. The number of nitrogens with zero attached hydrogens (tertiary/aromatic N) is 3. The van der Waals surface area contributed by atoms with Crippen LogP contribution in [0.1, 0.15) is 22.3 Å². The van der Waals surface area contributed by atoms with Gasteiger partial charge >= 0.3 is 0 Å². The lowest BCUT2D eigenvalue weighted by Crippen LogP contribution is -2.48. The molecule has 2 aromatic rings. The van der Waals surface area contributed by atoms with Gasteiger partial charge in [-0.15, -0.1) is 23.7 Å². The molecule has 0 spiro atoms. The normalized spacial score (nSPS) is 19.3. The first-order valence-corrected chi connectivity index (χ1v) is 9.32. The van der Waals surface area contributed by atoms with Gasteiger partial charge in [0.25, 0.3) is 10.0 Å². The number of rotatable bonds is 3. The van der Waals surface area contributed by atoms with Gasteiger partial charge in [0.05, 0.1) is 16.7 Å². The van der Waals surface area contributed by atoms with Gasteiger partial charge in [0.1, 0.15) is 0 Å². The smallest absolute Gasteiger partial charge is 0.255 e. The van der Waals surface area contributed by atoms with Gasteiger partial charge in [-0.05, 0) is 25.5 Å². The van der Waals surface area contributed by atoms with Crippen molar-refractivity contribution < 1.29 is 8.42 Å². The van der Waals surface area contributed by atoms with Gasteiger partial charge in [-0.1, -0.05) is 6.07 Å². The van der Waals surface area contributed by atoms with Gasteiger partial charge in [-0.3, -0.25) is 4.98 Å². The highest BCUT2D eigenvalue weighted by Crippen LogP contribution is 2.32. The molecule has 1 fully saturated rings. The summed E-state index contributed by atoms with van der Waals surface area (Å²) in [6.07, 6.45) is 3.42. The summed E-state index contributed by atoms with van der Waals surface area (Å²) >= 11 is 1.24. The Morgan fingerprint density at radius 2 is 2.17 bits per heavy atom. The predicted octanol–water partition coefficient (Wildman–Crippen LogP) is 1.91. The maximum atomic E-state index is 13.1. The summed E-state index contributed by atoms with van der Waals surface area (Å²) in [5, 5.41) is 4.03. The second-order valence-corrected chi connectivity index (χ2v) is 8.52. The number of aromatic nitrogens is 2. The Morgan fingerprint density at radius 3 is 2.78 bits per heavy atom. The van der Waals surface area contributed by atoms with E-state index in [1.54, 1.807) is 23.6 Å². The molecule has 1 atom stereocenters. The second kappa shape index (κ2) is 7.23. The minimum atomic E-state index is -3.55. The molecule has 0 aliphatic carbocycles. The maximum Gasteiger partial charge on any atom is 0.255 e. The molecule has 23 heavy (non-hydrogen) atoms. The third-order valence-electron chi connectivity index (χ3n) is 3.67. The summed E-state index contributed by atoms with van der Waals surface area (Å²) in [4.78, 5) is 8.37. The lowest BCUT2D eigenvalue weighted by molar-refractivity contribution is 0.271. The number of aryl methyl sites for hydroxylation is 2. The Hall–Kier alpha value is -1.06. The largest absolute Gasteiger partial charge is 0.313 e. The van der Waals surface area contributed by atoms with Crippen LogP contribution in [-0.2, 0) is 10.0 Å². The van der Waals surface area contributed by atoms with Crippen molar-refractivity contribution in [3.05, 3.63) is 40.8 Å². The van der Waals surface area contributed by atoms with Crippen LogP contribution in [0.15, 0.2) is 28.7 Å². The van der Waals surface area contributed by atoms with E-state index in [9.17, 15) is 8.42 Å². The molecule has 1 aliphatic rings. The van der Waals surface area contributed by atoms with E-state index in [0.717, 1.165) is 10.6 Å². The van der Waals surface area contributed by atoms with Gasteiger partial charge < -0.3 is 5.32 Å². The van der Waals surface area contributed by atoms with E-state index >= 15 is 0 Å². The Morgan fingerprint density at radius 1 is 1.39 bits per heavy atom. The average molecular weight is 375 g/mol. The second-order valence-electron chi connectivity index (χ2n) is 5.23. The van der Waals surface area contributed by atoms with Gasteiger partial charge in [0.15, 0.2) is 4.21 Å². The summed E-state index contributed by atoms with van der Waals surface area (Å²) < 4.78 is 28.0. The van der Waals surface area contributed by atoms with Gasteiger partial charge in [-0.25, -0.2) is 13.4 Å². The molecule has 0 aromatic carbocycles. The Balaban J connectivity index is 0.00000192. The molecule has 0 radical (unpaired) electrons. The Labute approximate surface area is 146 Å². The zero-order chi connectivity index (χ0) is 15.7. The van der Waals surface area contributed by atoms with Crippen LogP contribution in [0.5, 0.6) is 0 Å². The van der Waals surface area contributed by atoms with Crippen LogP contribution in [0, 0.1) is 13.8 Å². The first-order chi connectivity index (χ1) is 10.5. The maximum absolute atomic E-state index is 13.1. The summed E-state index contributed by atoms with van der Waals surface area (Å²) in [5.74, 6) is 0. The number of thiazole rings is 1. The molecule has 1 saturated heterocycles. The highest BCUT2D eigenvalue weighted by atomic mass is 35.5. The molecule has 9 heteroatoms. The van der Waals surface area contributed by atoms with Crippen LogP contribution in [-0.4, -0.2) is 42.3 Å². The van der Waals surface area contributed by atoms with Crippen molar-refractivity contribution in [2.45, 2.75) is 24.1 Å². The molecule has 1 N–H and O–H groups in total. The fourth-order valence-corrected chi connectivity index (χ4v) is 5.90. The molecule has 1 unspecified atom stereocenters. The molecule has 126 valence electrons. The van der Waals surface area contributed by atoms with Crippen LogP contribution in [0.3, 0.4) is 0 Å². The quantitative estimate of drug-likeness (QED) is 0.888. The topological polar surface area (TPSA) is 75.2 Å². The Kier molecular flexibility index (Phi) is 5.74. The molecule has 3 rings (SSSR count). The van der Waals surface area contributed by atoms with Gasteiger partial charge in [-0.2, -0.15) is 4.31 Å². The van der Waals surface area contributed by atoms with Crippen molar-refractivity contribution in [2.24, 2.45) is 0 Å². The van der Waals surface area contributed by atoms with Gasteiger partial charge in [0.2, 0.25) is 0 Å². The number of pyridine rings is 1. The molecule has 3 heterocycles. The predicted molar refractivity (Wildman–Crippen MR) is 92.6 cm³/mol. The summed E-state index contributed by atoms with van der Waals surface area (Å²) in [6.45, 7) is 5.25. The van der Waals surface area contributed by atoms with Crippen molar-refractivity contribution in [2.75, 3.05) is 19.6 Å². The van der Waals surface area contributed by atoms with E-state index in [1.165, 1.54) is 11.3 Å². The standard InChI is InChI=1S/C14H18N4O2S2.ClH/c1-10-14(21-11(2)17-10)22(19,20)18-7-6-16-9-13(18)12-4-3-5-15-8-12;/h3-5,8,13,16H,6-7,9H2,1-2H3;1H. The van der Waals surface area contributed by atoms with Crippen LogP contribution in [0.25, 0.3) is 0 Å². The molecule has 6 nitrogen and oxygen atoms in total. The number of nitrogens with one attached hydrogen (secondary N) is 1. The fourth-order valence-electron chi connectivity index (χ4n) is 2.69. The Bertz CT molecular complexity index is 764. The van der Waals surface area contributed by atoms with Crippen LogP contribution in [0.2, 0.25) is 0 Å². The molecule has 2 aromatic heterocycles. The van der Waals surface area contributed by atoms with E-state index in [1.807, 2.05) is 19.1 Å². The minimum Gasteiger partial charge on any atom is -0.313 e. The monoisotopic (exact) mass is 374 g/mol. The van der Waals surface area contributed by atoms with E-state index in [-0.39, 0.29) is 18.4 Å². The van der Waals surface area contributed by atoms with E-state index in [2.05, 4.69) is 15.3 Å². The third-order valence-corrected chi connectivity index (χ3v) is 7.24. The molecular weight excluding hydrogens is 356 g/mol. The summed E-state index contributed by atoms with van der Waals surface area (Å²) in [5.41, 5.74) is 1.48. The summed E-state index contributed by atoms with van der Waals surface area (Å²) in [7, 11) is -3.55. The lowest BCUT2D eigenvalue weighted by Gasteiger charge is -2.34. The zero-order valence-corrected chi connectivity index (χ0v) is 15.3. The minimum absolute atomic E-state index is 0. The van der Waals surface area contributed by atoms with Crippen molar-refractivity contribution >= 4 is 33.8 Å². The molecule has 0 saturated carbocycles. The van der Waals surface area contributed by atoms with Crippen LogP contribution < -0.4 is 5.32 Å². The lowest BCUT2D eigenvalue weighted by atomic mass is 10.1. The average Bonchev–Trinajstić information content (AvgIpc) is 2.87. The number of hydrogen-bond acceptors (Lipinski definition) is 6. The van der Waals surface area contributed by atoms with E-state index in [4.69, 9.17) is 0 Å². The van der Waals surface area contributed by atoms with Crippen LogP contribution >= 0.6 is 23.7 Å². The van der Waals surface area contributed by atoms with Crippen LogP contribution in [0.4, 0.5) is 0 Å². The van der Waals surface area contributed by atoms with Crippen molar-refractivity contribution in [1.29, 1.82) is 0 Å². The molecule has 0 amide bonds. The molecular formula is C14H19ClN4O2S2. The van der Waals surface area contributed by atoms with Gasteiger partial charge in [0, 0.05) is 32.0 Å². The fraction of sp³-hybridized carbons (Fsp3) is 0.429. The SMILES string of the molecule is Cc1nc(C)c(S(=O)(=O)N2CCNCC2c2cccnc2)s1.Cl. The van der Waals surface area contributed by atoms with E-state index in [0.29, 0.717) is 29.5 Å². The van der Waals surface area contributed by atoms with Crippen molar-refractivity contribution in [1.82, 2.24) is 19.6 Å². The number of halogens is 1. The molecule has 0 bridgehead atoms. The zero-order valence-electron chi connectivity index (χ0n) is 12.9. The summed E-state index contributed by atoms with van der Waals surface area (Å²) in [6, 6.07) is 3.50. The first kappa shape index (κ1) is 18.3. The number of hydrogen-bond donors (Lipinski definition) is 1.